The van der Waals surface area contributed by atoms with E-state index in [9.17, 15) is 14.0 Å². The fraction of sp³-hybridized carbons (Fsp3) is 0.273. The van der Waals surface area contributed by atoms with Gasteiger partial charge >= 0.3 is 11.9 Å². The summed E-state index contributed by atoms with van der Waals surface area (Å²) in [5, 5.41) is 17.7. The van der Waals surface area contributed by atoms with Crippen LogP contribution in [0.15, 0.2) is 12.1 Å². The van der Waals surface area contributed by atoms with Crippen molar-refractivity contribution in [3.63, 3.8) is 0 Å². The maximum absolute atomic E-state index is 13.5. The third-order valence-electron chi connectivity index (χ3n) is 2.37. The molecule has 1 atom stereocenters. The van der Waals surface area contributed by atoms with E-state index in [2.05, 4.69) is 4.74 Å². The van der Waals surface area contributed by atoms with Gasteiger partial charge in [-0.1, -0.05) is 0 Å². The number of carboxylic acids is 2. The first kappa shape index (κ1) is 13.0. The second-order valence-electron chi connectivity index (χ2n) is 3.45. The summed E-state index contributed by atoms with van der Waals surface area (Å²) in [7, 11) is 1.14. The first-order chi connectivity index (χ1) is 7.88. The minimum Gasteiger partial charge on any atom is -0.493 e. The monoisotopic (exact) mass is 242 g/mol. The van der Waals surface area contributed by atoms with Gasteiger partial charge in [0.1, 0.15) is 5.56 Å². The lowest BCUT2D eigenvalue weighted by Crippen LogP contribution is -2.11. The van der Waals surface area contributed by atoms with Gasteiger partial charge in [0, 0.05) is 0 Å². The van der Waals surface area contributed by atoms with Gasteiger partial charge < -0.3 is 14.9 Å². The van der Waals surface area contributed by atoms with Gasteiger partial charge in [-0.3, -0.25) is 4.79 Å². The third kappa shape index (κ3) is 2.52. The molecule has 17 heavy (non-hydrogen) atoms. The van der Waals surface area contributed by atoms with Crippen molar-refractivity contribution in [2.45, 2.75) is 12.8 Å². The zero-order valence-electron chi connectivity index (χ0n) is 9.23. The van der Waals surface area contributed by atoms with Crippen LogP contribution in [-0.4, -0.2) is 29.3 Å². The van der Waals surface area contributed by atoms with E-state index in [-0.39, 0.29) is 5.56 Å². The number of hydrogen-bond acceptors (Lipinski definition) is 3. The summed E-state index contributed by atoms with van der Waals surface area (Å²) in [5.41, 5.74) is -0.316. The number of rotatable bonds is 4. The molecular weight excluding hydrogens is 231 g/mol. The van der Waals surface area contributed by atoms with Crippen LogP contribution in [0.1, 0.15) is 28.8 Å². The molecule has 0 heterocycles. The lowest BCUT2D eigenvalue weighted by Gasteiger charge is -2.11. The molecule has 0 aliphatic carbocycles. The summed E-state index contributed by atoms with van der Waals surface area (Å²) in [4.78, 5) is 21.6. The van der Waals surface area contributed by atoms with E-state index in [1.54, 1.807) is 0 Å². The highest BCUT2D eigenvalue weighted by Gasteiger charge is 2.22. The van der Waals surface area contributed by atoms with Crippen LogP contribution in [0.5, 0.6) is 5.75 Å². The minimum absolute atomic E-state index is 0.0770. The topological polar surface area (TPSA) is 83.8 Å². The lowest BCUT2D eigenvalue weighted by atomic mass is 9.98. The number of halogens is 1. The molecule has 0 saturated carbocycles. The molecule has 5 nitrogen and oxygen atoms in total. The Bertz CT molecular complexity index is 469. The summed E-state index contributed by atoms with van der Waals surface area (Å²) in [6, 6.07) is 2.06. The quantitative estimate of drug-likeness (QED) is 0.839. The van der Waals surface area contributed by atoms with E-state index in [1.165, 1.54) is 6.92 Å². The van der Waals surface area contributed by atoms with Crippen LogP contribution in [0, 0.1) is 5.82 Å². The largest absolute Gasteiger partial charge is 0.493 e. The van der Waals surface area contributed by atoms with Crippen molar-refractivity contribution in [2.24, 2.45) is 0 Å². The number of benzene rings is 1. The van der Waals surface area contributed by atoms with Crippen molar-refractivity contribution in [3.05, 3.63) is 29.1 Å². The Kier molecular flexibility index (Phi) is 3.67. The Morgan fingerprint density at radius 2 is 1.94 bits per heavy atom. The highest BCUT2D eigenvalue weighted by Crippen LogP contribution is 2.28. The Hall–Kier alpha value is -2.11. The maximum Gasteiger partial charge on any atom is 0.339 e. The molecule has 0 saturated heterocycles. The fourth-order valence-corrected chi connectivity index (χ4v) is 1.37. The van der Waals surface area contributed by atoms with Crippen molar-refractivity contribution in [2.75, 3.05) is 7.11 Å². The van der Waals surface area contributed by atoms with E-state index >= 15 is 0 Å². The van der Waals surface area contributed by atoms with Crippen molar-refractivity contribution < 1.29 is 28.9 Å². The van der Waals surface area contributed by atoms with Gasteiger partial charge in [-0.05, 0) is 24.6 Å². The van der Waals surface area contributed by atoms with Gasteiger partial charge in [0.25, 0.3) is 0 Å². The van der Waals surface area contributed by atoms with Gasteiger partial charge in [-0.15, -0.1) is 0 Å². The SMILES string of the molecule is COc1c(F)cc(C(C)C(=O)O)cc1C(=O)O. The molecule has 0 aliphatic rings. The molecule has 0 amide bonds. The average Bonchev–Trinajstić information content (AvgIpc) is 2.26. The van der Waals surface area contributed by atoms with Crippen molar-refractivity contribution in [1.82, 2.24) is 0 Å². The molecule has 0 aliphatic heterocycles. The molecule has 6 heteroatoms. The van der Waals surface area contributed by atoms with Gasteiger partial charge in [-0.25, -0.2) is 9.18 Å². The standard InChI is InChI=1S/C11H11FO5/c1-5(10(13)14)6-3-7(11(15)16)9(17-2)8(12)4-6/h3-5H,1-2H3,(H,13,14)(H,15,16). The predicted molar refractivity (Wildman–Crippen MR) is 56.0 cm³/mol. The molecule has 0 aromatic heterocycles. The van der Waals surface area contributed by atoms with Gasteiger partial charge in [-0.2, -0.15) is 0 Å². The maximum atomic E-state index is 13.5. The number of aromatic carboxylic acids is 1. The Labute approximate surface area is 96.4 Å². The zero-order valence-corrected chi connectivity index (χ0v) is 9.23. The Morgan fingerprint density at radius 3 is 2.35 bits per heavy atom. The molecule has 0 radical (unpaired) electrons. The number of ether oxygens (including phenoxy) is 1. The van der Waals surface area contributed by atoms with E-state index in [4.69, 9.17) is 10.2 Å². The summed E-state index contributed by atoms with van der Waals surface area (Å²) in [6.07, 6.45) is 0. The molecular formula is C11H11FO5. The lowest BCUT2D eigenvalue weighted by molar-refractivity contribution is -0.138. The highest BCUT2D eigenvalue weighted by atomic mass is 19.1. The zero-order chi connectivity index (χ0) is 13.2. The molecule has 1 unspecified atom stereocenters. The predicted octanol–water partition coefficient (Wildman–Crippen LogP) is 1.72. The van der Waals surface area contributed by atoms with Gasteiger partial charge in [0.05, 0.1) is 13.0 Å². The third-order valence-corrected chi connectivity index (χ3v) is 2.37. The Balaban J connectivity index is 3.39. The summed E-state index contributed by atoms with van der Waals surface area (Å²) in [6.45, 7) is 1.34. The first-order valence-electron chi connectivity index (χ1n) is 4.72. The highest BCUT2D eigenvalue weighted by molar-refractivity contribution is 5.91. The first-order valence-corrected chi connectivity index (χ1v) is 4.72. The molecule has 2 N–H and O–H groups in total. The number of carbonyl (C=O) groups is 2. The van der Waals surface area contributed by atoms with Crippen LogP contribution in [-0.2, 0) is 4.79 Å². The van der Waals surface area contributed by atoms with Crippen molar-refractivity contribution in [1.29, 1.82) is 0 Å². The van der Waals surface area contributed by atoms with Crippen LogP contribution < -0.4 is 4.74 Å². The van der Waals surface area contributed by atoms with E-state index in [0.29, 0.717) is 0 Å². The van der Waals surface area contributed by atoms with Crippen LogP contribution in [0.25, 0.3) is 0 Å². The van der Waals surface area contributed by atoms with Crippen LogP contribution in [0.4, 0.5) is 4.39 Å². The van der Waals surface area contributed by atoms with E-state index < -0.39 is 35.0 Å². The van der Waals surface area contributed by atoms with Crippen LogP contribution in [0.2, 0.25) is 0 Å². The average molecular weight is 242 g/mol. The Morgan fingerprint density at radius 1 is 1.35 bits per heavy atom. The van der Waals surface area contributed by atoms with E-state index in [0.717, 1.165) is 19.2 Å². The van der Waals surface area contributed by atoms with Gasteiger partial charge in [0.2, 0.25) is 0 Å². The molecule has 0 fully saturated rings. The van der Waals surface area contributed by atoms with Crippen LogP contribution in [0.3, 0.4) is 0 Å². The molecule has 1 aromatic rings. The number of methoxy groups -OCH3 is 1. The molecule has 1 aromatic carbocycles. The minimum atomic E-state index is -1.37. The summed E-state index contributed by atoms with van der Waals surface area (Å²) >= 11 is 0. The number of hydrogen-bond donors (Lipinski definition) is 2. The van der Waals surface area contributed by atoms with Gasteiger partial charge in [0.15, 0.2) is 11.6 Å². The number of aliphatic carboxylic acids is 1. The molecule has 0 bridgehead atoms. The summed E-state index contributed by atoms with van der Waals surface area (Å²) in [5.74, 6) is -4.83. The normalized spacial score (nSPS) is 11.9. The smallest absolute Gasteiger partial charge is 0.339 e. The summed E-state index contributed by atoms with van der Waals surface area (Å²) < 4.78 is 18.1. The molecule has 0 spiro atoms. The van der Waals surface area contributed by atoms with Crippen molar-refractivity contribution >= 4 is 11.9 Å². The van der Waals surface area contributed by atoms with E-state index in [1.807, 2.05) is 0 Å². The number of carboxylic acid groups (broad SMARTS) is 2. The fourth-order valence-electron chi connectivity index (χ4n) is 1.37. The molecule has 1 rings (SSSR count). The van der Waals surface area contributed by atoms with Crippen LogP contribution >= 0.6 is 0 Å². The molecule has 92 valence electrons. The second-order valence-corrected chi connectivity index (χ2v) is 3.45. The second kappa shape index (κ2) is 4.82. The van der Waals surface area contributed by atoms with Crippen molar-refractivity contribution in [3.8, 4) is 5.75 Å².